The number of hydrogen-bond donors (Lipinski definition) is 2. The minimum Gasteiger partial charge on any atom is -0.389 e. The summed E-state index contributed by atoms with van der Waals surface area (Å²) in [5.74, 6) is -0.815. The fraction of sp³-hybridized carbons (Fsp3) is 0.538. The molecule has 0 fully saturated rings. The van der Waals surface area contributed by atoms with Crippen LogP contribution in [0.1, 0.15) is 33.3 Å². The first-order valence-corrected chi connectivity index (χ1v) is 7.38. The molecule has 0 aliphatic heterocycles. The molecule has 0 aliphatic carbocycles. The second kappa shape index (κ2) is 4.85. The first-order valence-electron chi connectivity index (χ1n) is 5.89. The van der Waals surface area contributed by atoms with Crippen molar-refractivity contribution in [1.82, 2.24) is 4.72 Å². The molecule has 4 nitrogen and oxygen atoms in total. The predicted molar refractivity (Wildman–Crippen MR) is 71.8 cm³/mol. The molecular formula is C13H20FNO3S. The highest BCUT2D eigenvalue weighted by atomic mass is 32.2. The molecule has 0 saturated carbocycles. The van der Waals surface area contributed by atoms with Crippen molar-refractivity contribution in [3.05, 3.63) is 29.6 Å². The number of hydrogen-bond acceptors (Lipinski definition) is 3. The largest absolute Gasteiger partial charge is 0.389 e. The first kappa shape index (κ1) is 16.1. The van der Waals surface area contributed by atoms with Gasteiger partial charge in [0.25, 0.3) is 0 Å². The van der Waals surface area contributed by atoms with Crippen LogP contribution in [0, 0.1) is 12.7 Å². The number of rotatable bonds is 4. The molecule has 108 valence electrons. The van der Waals surface area contributed by atoms with E-state index in [4.69, 9.17) is 0 Å². The summed E-state index contributed by atoms with van der Waals surface area (Å²) in [6, 6.07) is 3.87. The zero-order chi connectivity index (χ0) is 15.1. The fourth-order valence-electron chi connectivity index (χ4n) is 1.33. The van der Waals surface area contributed by atoms with Crippen LogP contribution in [0.15, 0.2) is 23.1 Å². The summed E-state index contributed by atoms with van der Waals surface area (Å²) in [7, 11) is -4.04. The highest BCUT2D eigenvalue weighted by molar-refractivity contribution is 7.89. The third kappa shape index (κ3) is 3.52. The van der Waals surface area contributed by atoms with Gasteiger partial charge < -0.3 is 5.11 Å². The van der Waals surface area contributed by atoms with Crippen molar-refractivity contribution in [1.29, 1.82) is 0 Å². The van der Waals surface area contributed by atoms with E-state index >= 15 is 0 Å². The van der Waals surface area contributed by atoms with Gasteiger partial charge in [0, 0.05) is 0 Å². The van der Waals surface area contributed by atoms with Crippen LogP contribution in [0.25, 0.3) is 0 Å². The topological polar surface area (TPSA) is 66.4 Å². The number of benzene rings is 1. The Kier molecular flexibility index (Phi) is 4.10. The Labute approximate surface area is 113 Å². The summed E-state index contributed by atoms with van der Waals surface area (Å²) in [6.45, 7) is 7.74. The third-order valence-electron chi connectivity index (χ3n) is 3.30. The predicted octanol–water partition coefficient (Wildman–Crippen LogP) is 1.96. The molecule has 0 amide bonds. The highest BCUT2D eigenvalue weighted by Crippen LogP contribution is 2.24. The van der Waals surface area contributed by atoms with Crippen LogP contribution in [0.2, 0.25) is 0 Å². The summed E-state index contributed by atoms with van der Waals surface area (Å²) in [5, 5.41) is 9.96. The number of sulfonamides is 1. The van der Waals surface area contributed by atoms with Crippen LogP contribution in [-0.4, -0.2) is 24.7 Å². The molecule has 0 unspecified atom stereocenters. The second-order valence-corrected chi connectivity index (χ2v) is 7.37. The summed E-state index contributed by atoms with van der Waals surface area (Å²) >= 11 is 0. The van der Waals surface area contributed by atoms with E-state index in [0.29, 0.717) is 5.56 Å². The lowest BCUT2D eigenvalue weighted by atomic mass is 9.87. The van der Waals surface area contributed by atoms with E-state index in [2.05, 4.69) is 4.72 Å². The highest BCUT2D eigenvalue weighted by Gasteiger charge is 2.39. The molecule has 0 aliphatic rings. The monoisotopic (exact) mass is 289 g/mol. The van der Waals surface area contributed by atoms with Gasteiger partial charge in [-0.1, -0.05) is 6.07 Å². The molecule has 19 heavy (non-hydrogen) atoms. The molecule has 0 bridgehead atoms. The third-order valence-corrected chi connectivity index (χ3v) is 4.97. The number of halogens is 1. The van der Waals surface area contributed by atoms with Crippen molar-refractivity contribution in [2.24, 2.45) is 0 Å². The molecule has 1 aromatic rings. The van der Waals surface area contributed by atoms with E-state index in [9.17, 15) is 17.9 Å². The van der Waals surface area contributed by atoms with Gasteiger partial charge in [0.1, 0.15) is 10.7 Å². The molecule has 0 heterocycles. The lowest BCUT2D eigenvalue weighted by molar-refractivity contribution is 0.00636. The van der Waals surface area contributed by atoms with Gasteiger partial charge >= 0.3 is 0 Å². The summed E-state index contributed by atoms with van der Waals surface area (Å²) in [6.07, 6.45) is 0. The van der Waals surface area contributed by atoms with Crippen LogP contribution < -0.4 is 4.72 Å². The Hall–Kier alpha value is -0.980. The molecule has 6 heteroatoms. The Morgan fingerprint density at radius 2 is 1.74 bits per heavy atom. The Morgan fingerprint density at radius 3 is 2.21 bits per heavy atom. The fourth-order valence-corrected chi connectivity index (χ4v) is 3.03. The molecular weight excluding hydrogens is 269 g/mol. The molecule has 0 spiro atoms. The van der Waals surface area contributed by atoms with Gasteiger partial charge in [-0.05, 0) is 52.3 Å². The average Bonchev–Trinajstić information content (AvgIpc) is 2.18. The molecule has 0 atom stereocenters. The maximum Gasteiger partial charge on any atom is 0.244 e. The maximum absolute atomic E-state index is 13.7. The van der Waals surface area contributed by atoms with Crippen molar-refractivity contribution in [2.45, 2.75) is 50.7 Å². The van der Waals surface area contributed by atoms with Gasteiger partial charge in [0.2, 0.25) is 10.0 Å². The van der Waals surface area contributed by atoms with Crippen LogP contribution in [-0.2, 0) is 10.0 Å². The minimum atomic E-state index is -4.04. The summed E-state index contributed by atoms with van der Waals surface area (Å²) in [4.78, 5) is -0.412. The standard InChI is InChI=1S/C13H20FNO3S/c1-9-6-7-10(14)11(8-9)19(17,18)15-12(2,3)13(4,5)16/h6-8,15-16H,1-5H3. The van der Waals surface area contributed by atoms with E-state index in [1.54, 1.807) is 6.92 Å². The van der Waals surface area contributed by atoms with Crippen molar-refractivity contribution in [2.75, 3.05) is 0 Å². The van der Waals surface area contributed by atoms with Gasteiger partial charge in [-0.2, -0.15) is 0 Å². The molecule has 0 aromatic heterocycles. The van der Waals surface area contributed by atoms with Crippen LogP contribution >= 0.6 is 0 Å². The van der Waals surface area contributed by atoms with E-state index in [1.807, 2.05) is 0 Å². The average molecular weight is 289 g/mol. The Bertz CT molecular complexity index is 574. The lowest BCUT2D eigenvalue weighted by Crippen LogP contribution is -2.57. The smallest absolute Gasteiger partial charge is 0.244 e. The molecule has 0 radical (unpaired) electrons. The van der Waals surface area contributed by atoms with Crippen molar-refractivity contribution >= 4 is 10.0 Å². The number of nitrogens with one attached hydrogen (secondary N) is 1. The maximum atomic E-state index is 13.7. The van der Waals surface area contributed by atoms with Gasteiger partial charge in [0.15, 0.2) is 0 Å². The van der Waals surface area contributed by atoms with Gasteiger partial charge in [-0.15, -0.1) is 0 Å². The first-order chi connectivity index (χ1) is 8.37. The summed E-state index contributed by atoms with van der Waals surface area (Å²) < 4.78 is 40.4. The molecule has 1 rings (SSSR count). The zero-order valence-corrected chi connectivity index (χ0v) is 12.6. The van der Waals surface area contributed by atoms with Gasteiger partial charge in [-0.25, -0.2) is 17.5 Å². The number of aryl methyl sites for hydroxylation is 1. The molecule has 2 N–H and O–H groups in total. The minimum absolute atomic E-state index is 0.412. The van der Waals surface area contributed by atoms with E-state index in [0.717, 1.165) is 6.07 Å². The van der Waals surface area contributed by atoms with E-state index < -0.39 is 31.9 Å². The van der Waals surface area contributed by atoms with Crippen molar-refractivity contribution < 1.29 is 17.9 Å². The normalized spacial score (nSPS) is 13.6. The molecule has 1 aromatic carbocycles. The second-order valence-electron chi connectivity index (χ2n) is 5.72. The van der Waals surface area contributed by atoms with Crippen LogP contribution in [0.4, 0.5) is 4.39 Å². The lowest BCUT2D eigenvalue weighted by Gasteiger charge is -2.37. The van der Waals surface area contributed by atoms with E-state index in [-0.39, 0.29) is 0 Å². The van der Waals surface area contributed by atoms with Crippen LogP contribution in [0.5, 0.6) is 0 Å². The van der Waals surface area contributed by atoms with Gasteiger partial charge in [0.05, 0.1) is 11.1 Å². The van der Waals surface area contributed by atoms with Crippen LogP contribution in [0.3, 0.4) is 0 Å². The van der Waals surface area contributed by atoms with Crippen molar-refractivity contribution in [3.8, 4) is 0 Å². The zero-order valence-electron chi connectivity index (χ0n) is 11.8. The SMILES string of the molecule is Cc1ccc(F)c(S(=O)(=O)NC(C)(C)C(C)(C)O)c1. The molecule has 0 saturated heterocycles. The number of aliphatic hydroxyl groups is 1. The summed E-state index contributed by atoms with van der Waals surface area (Å²) in [5.41, 5.74) is -1.79. The Morgan fingerprint density at radius 1 is 1.21 bits per heavy atom. The van der Waals surface area contributed by atoms with Gasteiger partial charge in [-0.3, -0.25) is 0 Å². The van der Waals surface area contributed by atoms with E-state index in [1.165, 1.54) is 39.8 Å². The Balaban J connectivity index is 3.23. The quantitative estimate of drug-likeness (QED) is 0.890. The van der Waals surface area contributed by atoms with Crippen molar-refractivity contribution in [3.63, 3.8) is 0 Å².